The minimum absolute atomic E-state index is 0.173. The predicted molar refractivity (Wildman–Crippen MR) is 50.3 cm³/mol. The molecular formula is C9H15N3O2. The van der Waals surface area contributed by atoms with E-state index >= 15 is 0 Å². The van der Waals surface area contributed by atoms with Gasteiger partial charge in [0, 0.05) is 32.7 Å². The van der Waals surface area contributed by atoms with Crippen LogP contribution in [0.25, 0.3) is 0 Å². The molecule has 1 heterocycles. The average Bonchev–Trinajstić information content (AvgIpc) is 2.26. The number of carbonyl (C=O) groups is 1. The van der Waals surface area contributed by atoms with E-state index in [-0.39, 0.29) is 5.97 Å². The van der Waals surface area contributed by atoms with Crippen molar-refractivity contribution in [3.05, 3.63) is 0 Å². The summed E-state index contributed by atoms with van der Waals surface area (Å²) in [6.45, 7) is 3.95. The van der Waals surface area contributed by atoms with E-state index in [0.29, 0.717) is 6.42 Å². The number of methoxy groups -OCH3 is 1. The number of hydrogen-bond acceptors (Lipinski definition) is 5. The third-order valence-corrected chi connectivity index (χ3v) is 2.37. The number of hydrogen-bond donors (Lipinski definition) is 0. The van der Waals surface area contributed by atoms with E-state index in [2.05, 4.69) is 15.8 Å². The normalized spacial score (nSPS) is 17.6. The van der Waals surface area contributed by atoms with Gasteiger partial charge in [-0.1, -0.05) is 0 Å². The molecule has 0 atom stereocenters. The molecule has 0 bridgehead atoms. The van der Waals surface area contributed by atoms with E-state index < -0.39 is 0 Å². The highest BCUT2D eigenvalue weighted by molar-refractivity contribution is 5.69. The van der Waals surface area contributed by atoms with Gasteiger partial charge in [-0.2, -0.15) is 5.26 Å². The van der Waals surface area contributed by atoms with Crippen molar-refractivity contribution in [3.63, 3.8) is 0 Å². The minimum atomic E-state index is -0.173. The number of carbonyl (C=O) groups excluding carboxylic acids is 1. The van der Waals surface area contributed by atoms with Crippen molar-refractivity contribution in [3.8, 4) is 6.19 Å². The number of nitrogens with zero attached hydrogens (tertiary/aromatic N) is 3. The molecule has 14 heavy (non-hydrogen) atoms. The van der Waals surface area contributed by atoms with Gasteiger partial charge in [0.25, 0.3) is 0 Å². The van der Waals surface area contributed by atoms with Gasteiger partial charge < -0.3 is 9.64 Å². The van der Waals surface area contributed by atoms with Gasteiger partial charge >= 0.3 is 5.97 Å². The topological polar surface area (TPSA) is 56.6 Å². The lowest BCUT2D eigenvalue weighted by atomic mass is 10.3. The summed E-state index contributed by atoms with van der Waals surface area (Å²) in [6.07, 6.45) is 2.55. The van der Waals surface area contributed by atoms with Gasteiger partial charge in [-0.05, 0) is 0 Å². The molecule has 0 amide bonds. The monoisotopic (exact) mass is 197 g/mol. The van der Waals surface area contributed by atoms with Crippen LogP contribution in [0.2, 0.25) is 0 Å². The Hall–Kier alpha value is -1.28. The zero-order chi connectivity index (χ0) is 10.4. The van der Waals surface area contributed by atoms with Crippen LogP contribution in [0.15, 0.2) is 0 Å². The van der Waals surface area contributed by atoms with Crippen LogP contribution in [0, 0.1) is 11.5 Å². The van der Waals surface area contributed by atoms with Gasteiger partial charge in [-0.25, -0.2) is 0 Å². The van der Waals surface area contributed by atoms with Crippen LogP contribution in [0.1, 0.15) is 6.42 Å². The van der Waals surface area contributed by atoms with Crippen LogP contribution in [0.4, 0.5) is 0 Å². The number of piperazine rings is 1. The molecule has 1 aliphatic heterocycles. The molecule has 0 aromatic rings. The van der Waals surface area contributed by atoms with Crippen LogP contribution in [0.5, 0.6) is 0 Å². The molecule has 1 aliphatic rings. The van der Waals surface area contributed by atoms with Gasteiger partial charge in [0.05, 0.1) is 13.5 Å². The molecule has 0 aliphatic carbocycles. The Balaban J connectivity index is 2.17. The third kappa shape index (κ3) is 3.23. The molecule has 0 aromatic carbocycles. The quantitative estimate of drug-likeness (QED) is 0.457. The summed E-state index contributed by atoms with van der Waals surface area (Å²) in [5.41, 5.74) is 0. The van der Waals surface area contributed by atoms with Crippen LogP contribution in [-0.2, 0) is 9.53 Å². The van der Waals surface area contributed by atoms with E-state index in [1.165, 1.54) is 7.11 Å². The standard InChI is InChI=1S/C9H15N3O2/c1-14-9(13)2-3-11-4-6-12(8-10)7-5-11/h2-7H2,1H3. The fourth-order valence-electron chi connectivity index (χ4n) is 1.42. The second kappa shape index (κ2) is 5.45. The van der Waals surface area contributed by atoms with Crippen LogP contribution >= 0.6 is 0 Å². The van der Waals surface area contributed by atoms with Gasteiger partial charge in [0.2, 0.25) is 0 Å². The molecule has 0 aromatic heterocycles. The first-order valence-electron chi connectivity index (χ1n) is 4.70. The Labute approximate surface area is 83.8 Å². The van der Waals surface area contributed by atoms with Crippen molar-refractivity contribution < 1.29 is 9.53 Å². The molecular weight excluding hydrogens is 182 g/mol. The molecule has 0 spiro atoms. The SMILES string of the molecule is COC(=O)CCN1CCN(C#N)CC1. The Kier molecular flexibility index (Phi) is 4.20. The molecule has 1 fully saturated rings. The first-order valence-corrected chi connectivity index (χ1v) is 4.70. The average molecular weight is 197 g/mol. The molecule has 1 rings (SSSR count). The lowest BCUT2D eigenvalue weighted by molar-refractivity contribution is -0.141. The van der Waals surface area contributed by atoms with Crippen molar-refractivity contribution in [2.45, 2.75) is 6.42 Å². The summed E-state index contributed by atoms with van der Waals surface area (Å²) >= 11 is 0. The predicted octanol–water partition coefficient (Wildman–Crippen LogP) is -0.352. The van der Waals surface area contributed by atoms with Crippen LogP contribution < -0.4 is 0 Å². The summed E-state index contributed by atoms with van der Waals surface area (Å²) in [5, 5.41) is 8.62. The molecule has 5 heteroatoms. The maximum atomic E-state index is 10.9. The molecule has 78 valence electrons. The zero-order valence-corrected chi connectivity index (χ0v) is 8.40. The highest BCUT2D eigenvalue weighted by Gasteiger charge is 2.15. The van der Waals surface area contributed by atoms with Gasteiger partial charge in [-0.15, -0.1) is 0 Å². The largest absolute Gasteiger partial charge is 0.469 e. The molecule has 0 radical (unpaired) electrons. The number of esters is 1. The smallest absolute Gasteiger partial charge is 0.306 e. The van der Waals surface area contributed by atoms with E-state index in [0.717, 1.165) is 32.7 Å². The molecule has 0 saturated carbocycles. The lowest BCUT2D eigenvalue weighted by Crippen LogP contribution is -2.44. The van der Waals surface area contributed by atoms with Gasteiger partial charge in [-0.3, -0.25) is 9.69 Å². The first-order chi connectivity index (χ1) is 6.76. The summed E-state index contributed by atoms with van der Waals surface area (Å²) in [7, 11) is 1.40. The van der Waals surface area contributed by atoms with Crippen molar-refractivity contribution in [1.29, 1.82) is 5.26 Å². The number of nitriles is 1. The zero-order valence-electron chi connectivity index (χ0n) is 8.40. The van der Waals surface area contributed by atoms with E-state index in [1.54, 1.807) is 4.90 Å². The van der Waals surface area contributed by atoms with Crippen molar-refractivity contribution in [2.24, 2.45) is 0 Å². The first kappa shape index (κ1) is 10.8. The number of ether oxygens (including phenoxy) is 1. The Morgan fingerprint density at radius 2 is 2.07 bits per heavy atom. The van der Waals surface area contributed by atoms with E-state index in [1.807, 2.05) is 0 Å². The molecule has 0 unspecified atom stereocenters. The van der Waals surface area contributed by atoms with Gasteiger partial charge in [0.15, 0.2) is 6.19 Å². The third-order valence-electron chi connectivity index (χ3n) is 2.37. The van der Waals surface area contributed by atoms with Gasteiger partial charge in [0.1, 0.15) is 0 Å². The maximum absolute atomic E-state index is 10.9. The molecule has 1 saturated heterocycles. The van der Waals surface area contributed by atoms with Crippen LogP contribution in [-0.4, -0.2) is 55.6 Å². The van der Waals surface area contributed by atoms with Crippen molar-refractivity contribution >= 4 is 5.97 Å². The minimum Gasteiger partial charge on any atom is -0.469 e. The van der Waals surface area contributed by atoms with E-state index in [4.69, 9.17) is 5.26 Å². The summed E-state index contributed by atoms with van der Waals surface area (Å²) in [4.78, 5) is 14.8. The maximum Gasteiger partial charge on any atom is 0.306 e. The summed E-state index contributed by atoms with van der Waals surface area (Å²) in [6, 6.07) is 0. The Bertz CT molecular complexity index is 229. The van der Waals surface area contributed by atoms with Crippen LogP contribution in [0.3, 0.4) is 0 Å². The highest BCUT2D eigenvalue weighted by Crippen LogP contribution is 2.01. The highest BCUT2D eigenvalue weighted by atomic mass is 16.5. The second-order valence-corrected chi connectivity index (χ2v) is 3.25. The number of rotatable bonds is 3. The Morgan fingerprint density at radius 3 is 2.57 bits per heavy atom. The fourth-order valence-corrected chi connectivity index (χ4v) is 1.42. The summed E-state index contributed by atoms with van der Waals surface area (Å²) in [5.74, 6) is -0.173. The lowest BCUT2D eigenvalue weighted by Gasteiger charge is -2.31. The molecule has 0 N–H and O–H groups in total. The van der Waals surface area contributed by atoms with E-state index in [9.17, 15) is 4.79 Å². The fraction of sp³-hybridized carbons (Fsp3) is 0.778. The molecule has 5 nitrogen and oxygen atoms in total. The Morgan fingerprint density at radius 1 is 1.43 bits per heavy atom. The summed E-state index contributed by atoms with van der Waals surface area (Å²) < 4.78 is 4.56. The van der Waals surface area contributed by atoms with Crippen molar-refractivity contribution in [1.82, 2.24) is 9.80 Å². The second-order valence-electron chi connectivity index (χ2n) is 3.25. The van der Waals surface area contributed by atoms with Crippen molar-refractivity contribution in [2.75, 3.05) is 39.8 Å².